The highest BCUT2D eigenvalue weighted by Crippen LogP contribution is 2.34. The van der Waals surface area contributed by atoms with E-state index in [2.05, 4.69) is 6.58 Å². The van der Waals surface area contributed by atoms with Crippen LogP contribution in [0.25, 0.3) is 0 Å². The first-order valence-electron chi connectivity index (χ1n) is 7.93. The molecule has 1 aliphatic rings. The van der Waals surface area contributed by atoms with Gasteiger partial charge in [0.05, 0.1) is 5.41 Å². The van der Waals surface area contributed by atoms with Crippen molar-refractivity contribution in [2.24, 2.45) is 5.41 Å². The van der Waals surface area contributed by atoms with Gasteiger partial charge in [0.1, 0.15) is 5.60 Å². The molecule has 23 heavy (non-hydrogen) atoms. The highest BCUT2D eigenvalue weighted by Gasteiger charge is 2.35. The van der Waals surface area contributed by atoms with E-state index >= 15 is 0 Å². The molecule has 0 atom stereocenters. The fourth-order valence-electron chi connectivity index (χ4n) is 2.22. The predicted molar refractivity (Wildman–Crippen MR) is 83.5 cm³/mol. The Kier molecular flexibility index (Phi) is 6.79. The Labute approximate surface area is 137 Å². The van der Waals surface area contributed by atoms with E-state index < -0.39 is 42.1 Å². The molecule has 0 saturated heterocycles. The Hall–Kier alpha value is -1.85. The molecule has 6 nitrogen and oxygen atoms in total. The summed E-state index contributed by atoms with van der Waals surface area (Å²) in [6.07, 6.45) is 5.65. The molecule has 0 aromatic rings. The average molecular weight is 326 g/mol. The van der Waals surface area contributed by atoms with Gasteiger partial charge in [-0.25, -0.2) is 9.59 Å². The largest absolute Gasteiger partial charge is 0.453 e. The second-order valence-corrected chi connectivity index (χ2v) is 6.42. The van der Waals surface area contributed by atoms with Gasteiger partial charge in [-0.2, -0.15) is 0 Å². The number of hydrogen-bond donors (Lipinski definition) is 0. The molecule has 0 N–H and O–H groups in total. The number of ether oxygens (including phenoxy) is 3. The number of esters is 3. The lowest BCUT2D eigenvalue weighted by atomic mass is 9.91. The zero-order valence-corrected chi connectivity index (χ0v) is 14.2. The van der Waals surface area contributed by atoms with Crippen molar-refractivity contribution in [3.05, 3.63) is 12.7 Å². The number of carbonyl (C=O) groups excluding carboxylic acids is 3. The third-order valence-electron chi connectivity index (χ3n) is 4.25. The summed E-state index contributed by atoms with van der Waals surface area (Å²) in [4.78, 5) is 35.0. The summed E-state index contributed by atoms with van der Waals surface area (Å²) in [6.45, 7) is 8.01. The molecular formula is C17H26O6. The normalized spacial score (nSPS) is 16.5. The Morgan fingerprint density at radius 3 is 2.17 bits per heavy atom. The summed E-state index contributed by atoms with van der Waals surface area (Å²) < 4.78 is 15.0. The minimum atomic E-state index is -0.777. The molecule has 0 heterocycles. The molecule has 0 radical (unpaired) electrons. The van der Waals surface area contributed by atoms with Crippen LogP contribution in [0.1, 0.15) is 52.9 Å². The molecular weight excluding hydrogens is 300 g/mol. The first kappa shape index (κ1) is 19.2. The van der Waals surface area contributed by atoms with Gasteiger partial charge >= 0.3 is 17.9 Å². The summed E-state index contributed by atoms with van der Waals surface area (Å²) in [5.74, 6) is -1.88. The van der Waals surface area contributed by atoms with E-state index in [9.17, 15) is 14.4 Å². The lowest BCUT2D eigenvalue weighted by Crippen LogP contribution is -2.32. The Morgan fingerprint density at radius 2 is 1.65 bits per heavy atom. The lowest BCUT2D eigenvalue weighted by molar-refractivity contribution is -0.171. The molecule has 0 aromatic heterocycles. The van der Waals surface area contributed by atoms with Crippen LogP contribution < -0.4 is 0 Å². The molecule has 1 rings (SSSR count). The summed E-state index contributed by atoms with van der Waals surface area (Å²) in [5, 5.41) is 0. The van der Waals surface area contributed by atoms with Crippen molar-refractivity contribution < 1.29 is 28.6 Å². The molecule has 0 aliphatic heterocycles. The quantitative estimate of drug-likeness (QED) is 0.387. The summed E-state index contributed by atoms with van der Waals surface area (Å²) >= 11 is 0. The van der Waals surface area contributed by atoms with E-state index in [4.69, 9.17) is 14.2 Å². The Morgan fingerprint density at radius 1 is 1.09 bits per heavy atom. The van der Waals surface area contributed by atoms with Crippen LogP contribution in [0.4, 0.5) is 0 Å². The van der Waals surface area contributed by atoms with Gasteiger partial charge in [-0.1, -0.05) is 13.5 Å². The molecule has 1 aliphatic carbocycles. The van der Waals surface area contributed by atoms with Crippen LogP contribution in [0.2, 0.25) is 0 Å². The highest BCUT2D eigenvalue weighted by atomic mass is 16.6. The number of hydrogen-bond acceptors (Lipinski definition) is 6. The van der Waals surface area contributed by atoms with Crippen molar-refractivity contribution in [3.63, 3.8) is 0 Å². The predicted octanol–water partition coefficient (Wildman–Crippen LogP) is 2.55. The molecule has 130 valence electrons. The number of rotatable bonds is 8. The molecule has 1 fully saturated rings. The Bertz CT molecular complexity index is 460. The third-order valence-corrected chi connectivity index (χ3v) is 4.25. The van der Waals surface area contributed by atoms with Gasteiger partial charge in [-0.05, 0) is 52.0 Å². The maximum Gasteiger partial charge on any atom is 0.345 e. The van der Waals surface area contributed by atoms with E-state index in [0.29, 0.717) is 6.42 Å². The van der Waals surface area contributed by atoms with E-state index in [-0.39, 0.29) is 0 Å². The van der Waals surface area contributed by atoms with Crippen molar-refractivity contribution in [1.82, 2.24) is 0 Å². The van der Waals surface area contributed by atoms with Gasteiger partial charge in [0.15, 0.2) is 13.2 Å². The SMILES string of the molecule is C=CC1(OC(=O)COC(=O)COC(=O)C(C)(C)CC)CCCC1. The topological polar surface area (TPSA) is 78.9 Å². The van der Waals surface area contributed by atoms with Gasteiger partial charge in [-0.15, -0.1) is 0 Å². The fourth-order valence-corrected chi connectivity index (χ4v) is 2.22. The molecule has 0 amide bonds. The van der Waals surface area contributed by atoms with Crippen molar-refractivity contribution in [3.8, 4) is 0 Å². The maximum absolute atomic E-state index is 11.8. The lowest BCUT2D eigenvalue weighted by Gasteiger charge is -2.24. The summed E-state index contributed by atoms with van der Waals surface area (Å²) in [7, 11) is 0. The molecule has 0 spiro atoms. The van der Waals surface area contributed by atoms with E-state index in [1.165, 1.54) is 0 Å². The molecule has 1 saturated carbocycles. The molecule has 0 aromatic carbocycles. The van der Waals surface area contributed by atoms with Crippen LogP contribution in [0, 0.1) is 5.41 Å². The van der Waals surface area contributed by atoms with Gasteiger partial charge in [0.2, 0.25) is 0 Å². The molecule has 6 heteroatoms. The second-order valence-electron chi connectivity index (χ2n) is 6.42. The van der Waals surface area contributed by atoms with E-state index in [1.807, 2.05) is 6.92 Å². The number of carbonyl (C=O) groups is 3. The monoisotopic (exact) mass is 326 g/mol. The van der Waals surface area contributed by atoms with Gasteiger partial charge < -0.3 is 14.2 Å². The first-order chi connectivity index (χ1) is 10.7. The summed E-state index contributed by atoms with van der Waals surface area (Å²) in [6, 6.07) is 0. The van der Waals surface area contributed by atoms with Gasteiger partial charge in [-0.3, -0.25) is 4.79 Å². The standard InChI is InChI=1S/C17H26O6/c1-5-16(3,4)15(20)22-11-13(18)21-12-14(19)23-17(6-2)9-7-8-10-17/h6H,2,5,7-12H2,1,3-4H3. The van der Waals surface area contributed by atoms with E-state index in [0.717, 1.165) is 25.7 Å². The van der Waals surface area contributed by atoms with Crippen LogP contribution in [0.5, 0.6) is 0 Å². The van der Waals surface area contributed by atoms with Crippen LogP contribution >= 0.6 is 0 Å². The van der Waals surface area contributed by atoms with Crippen LogP contribution in [-0.4, -0.2) is 36.7 Å². The smallest absolute Gasteiger partial charge is 0.345 e. The van der Waals surface area contributed by atoms with Crippen LogP contribution in [0.15, 0.2) is 12.7 Å². The van der Waals surface area contributed by atoms with Crippen LogP contribution in [0.3, 0.4) is 0 Å². The fraction of sp³-hybridized carbons (Fsp3) is 0.706. The average Bonchev–Trinajstić information content (AvgIpc) is 2.99. The second kappa shape index (κ2) is 8.13. The third kappa shape index (κ3) is 5.69. The zero-order valence-electron chi connectivity index (χ0n) is 14.2. The van der Waals surface area contributed by atoms with Crippen molar-refractivity contribution in [2.75, 3.05) is 13.2 Å². The van der Waals surface area contributed by atoms with Crippen molar-refractivity contribution >= 4 is 17.9 Å². The summed E-state index contributed by atoms with van der Waals surface area (Å²) in [5.41, 5.74) is -1.29. The highest BCUT2D eigenvalue weighted by molar-refractivity contribution is 5.81. The molecule has 0 bridgehead atoms. The maximum atomic E-state index is 11.8. The van der Waals surface area contributed by atoms with Gasteiger partial charge in [0.25, 0.3) is 0 Å². The van der Waals surface area contributed by atoms with E-state index in [1.54, 1.807) is 19.9 Å². The van der Waals surface area contributed by atoms with Crippen LogP contribution in [-0.2, 0) is 28.6 Å². The van der Waals surface area contributed by atoms with Crippen molar-refractivity contribution in [1.29, 1.82) is 0 Å². The van der Waals surface area contributed by atoms with Crippen molar-refractivity contribution in [2.45, 2.75) is 58.5 Å². The molecule has 0 unspecified atom stereocenters. The Balaban J connectivity index is 2.32. The first-order valence-corrected chi connectivity index (χ1v) is 7.93. The van der Waals surface area contributed by atoms with Gasteiger partial charge in [0, 0.05) is 0 Å². The zero-order chi connectivity index (χ0) is 17.5. The minimum Gasteiger partial charge on any atom is -0.453 e. The minimum absolute atomic E-state index is 0.476.